The molecule has 0 saturated carbocycles. The van der Waals surface area contributed by atoms with Crippen molar-refractivity contribution in [3.8, 4) is 0 Å². The number of carbonyl (C=O) groups is 1. The summed E-state index contributed by atoms with van der Waals surface area (Å²) in [6.45, 7) is 2.73. The Labute approximate surface area is 168 Å². The molecule has 5 heteroatoms. The molecule has 3 rings (SSSR count). The van der Waals surface area contributed by atoms with E-state index < -0.39 is 5.41 Å². The number of piperidine rings is 1. The number of aliphatic hydroxyl groups excluding tert-OH is 1. The molecule has 1 saturated heterocycles. The molecule has 2 aromatic carbocycles. The van der Waals surface area contributed by atoms with Crippen LogP contribution < -0.4 is 0 Å². The van der Waals surface area contributed by atoms with Gasteiger partial charge in [-0.15, -0.1) is 0 Å². The summed E-state index contributed by atoms with van der Waals surface area (Å²) in [6.07, 6.45) is 2.45. The Kier molecular flexibility index (Phi) is 6.33. The van der Waals surface area contributed by atoms with Crippen molar-refractivity contribution in [3.05, 3.63) is 69.9 Å². The molecule has 0 spiro atoms. The quantitative estimate of drug-likeness (QED) is 0.697. The first-order chi connectivity index (χ1) is 13.0. The molecule has 0 aliphatic carbocycles. The lowest BCUT2D eigenvalue weighted by molar-refractivity contribution is -0.139. The van der Waals surface area contributed by atoms with Crippen molar-refractivity contribution in [1.82, 2.24) is 4.90 Å². The smallest absolute Gasteiger partial charge is 0.223 e. The van der Waals surface area contributed by atoms with Gasteiger partial charge in [0.2, 0.25) is 5.91 Å². The highest BCUT2D eigenvalue weighted by molar-refractivity contribution is 9.10. The molecule has 2 aromatic rings. The molecule has 1 fully saturated rings. The van der Waals surface area contributed by atoms with E-state index in [0.717, 1.165) is 28.4 Å². The summed E-state index contributed by atoms with van der Waals surface area (Å²) in [5.41, 5.74) is 1.64. The maximum atomic E-state index is 13.3. The zero-order chi connectivity index (χ0) is 19.4. The molecule has 1 amide bonds. The summed E-state index contributed by atoms with van der Waals surface area (Å²) in [7, 11) is 0. The first kappa shape index (κ1) is 20.0. The molecule has 1 aliphatic heterocycles. The average molecular weight is 434 g/mol. The van der Waals surface area contributed by atoms with E-state index in [4.69, 9.17) is 0 Å². The van der Waals surface area contributed by atoms with Gasteiger partial charge in [-0.25, -0.2) is 4.39 Å². The Morgan fingerprint density at radius 1 is 1.19 bits per heavy atom. The van der Waals surface area contributed by atoms with Gasteiger partial charge in [0, 0.05) is 29.5 Å². The van der Waals surface area contributed by atoms with Crippen molar-refractivity contribution in [2.45, 2.75) is 44.1 Å². The first-order valence-corrected chi connectivity index (χ1v) is 10.2. The maximum Gasteiger partial charge on any atom is 0.223 e. The molecule has 0 radical (unpaired) electrons. The minimum absolute atomic E-state index is 0.00851. The minimum atomic E-state index is -0.423. The Morgan fingerprint density at radius 3 is 2.41 bits per heavy atom. The van der Waals surface area contributed by atoms with Crippen LogP contribution in [-0.4, -0.2) is 29.1 Å². The molecule has 3 nitrogen and oxygen atoms in total. The Balaban J connectivity index is 1.85. The number of hydrogen-bond donors (Lipinski definition) is 1. The number of carbonyl (C=O) groups excluding carboxylic acids is 1. The predicted octanol–water partition coefficient (Wildman–Crippen LogP) is 4.98. The largest absolute Gasteiger partial charge is 0.396 e. The van der Waals surface area contributed by atoms with E-state index in [1.807, 2.05) is 17.0 Å². The van der Waals surface area contributed by atoms with Crippen LogP contribution in [-0.2, 0) is 10.2 Å². The van der Waals surface area contributed by atoms with Crippen LogP contribution in [0.5, 0.6) is 0 Å². The fraction of sp³-hybridized carbons (Fsp3) is 0.409. The molecule has 2 atom stereocenters. The van der Waals surface area contributed by atoms with Crippen LogP contribution in [0, 0.1) is 5.82 Å². The molecule has 0 bridgehead atoms. The van der Waals surface area contributed by atoms with Crippen LogP contribution in [0.2, 0.25) is 0 Å². The predicted molar refractivity (Wildman–Crippen MR) is 108 cm³/mol. The fourth-order valence-corrected chi connectivity index (χ4v) is 4.48. The van der Waals surface area contributed by atoms with Crippen LogP contribution in [0.15, 0.2) is 53.0 Å². The normalized spacial score (nSPS) is 21.3. The minimum Gasteiger partial charge on any atom is -0.396 e. The van der Waals surface area contributed by atoms with Gasteiger partial charge in [-0.3, -0.25) is 4.79 Å². The average Bonchev–Trinajstić information content (AvgIpc) is 2.66. The summed E-state index contributed by atoms with van der Waals surface area (Å²) in [5.74, 6) is -0.197. The number of rotatable bonds is 6. The Morgan fingerprint density at radius 2 is 1.85 bits per heavy atom. The van der Waals surface area contributed by atoms with Crippen LogP contribution in [0.4, 0.5) is 4.39 Å². The first-order valence-electron chi connectivity index (χ1n) is 9.41. The number of amides is 1. The van der Waals surface area contributed by atoms with Crippen molar-refractivity contribution in [1.29, 1.82) is 0 Å². The van der Waals surface area contributed by atoms with Crippen LogP contribution in [0.3, 0.4) is 0 Å². The van der Waals surface area contributed by atoms with Gasteiger partial charge in [0.15, 0.2) is 0 Å². The maximum absolute atomic E-state index is 13.3. The van der Waals surface area contributed by atoms with Crippen molar-refractivity contribution >= 4 is 21.8 Å². The van der Waals surface area contributed by atoms with E-state index in [9.17, 15) is 14.3 Å². The van der Waals surface area contributed by atoms with Crippen LogP contribution in [0.25, 0.3) is 0 Å². The van der Waals surface area contributed by atoms with Crippen LogP contribution in [0.1, 0.15) is 49.8 Å². The lowest BCUT2D eigenvalue weighted by atomic mass is 9.70. The monoisotopic (exact) mass is 433 g/mol. The van der Waals surface area contributed by atoms with E-state index in [2.05, 4.69) is 35.0 Å². The van der Waals surface area contributed by atoms with Gasteiger partial charge in [-0.2, -0.15) is 0 Å². The third-order valence-electron chi connectivity index (χ3n) is 5.71. The number of likely N-dealkylation sites (tertiary alicyclic amines) is 1. The SMILES string of the molecule is CC[C@@H](c1ccc(Br)cc1)N1CC[C@](CCO)(c2ccc(F)cc2)CC1=O. The van der Waals surface area contributed by atoms with Gasteiger partial charge in [-0.05, 0) is 54.7 Å². The molecule has 1 aliphatic rings. The Hall–Kier alpha value is -1.72. The van der Waals surface area contributed by atoms with Gasteiger partial charge >= 0.3 is 0 Å². The number of benzene rings is 2. The lowest BCUT2D eigenvalue weighted by Crippen LogP contribution is -2.48. The highest BCUT2D eigenvalue weighted by Gasteiger charge is 2.41. The summed E-state index contributed by atoms with van der Waals surface area (Å²) < 4.78 is 14.4. The van der Waals surface area contributed by atoms with Gasteiger partial charge in [0.1, 0.15) is 5.82 Å². The number of nitrogens with zero attached hydrogens (tertiary/aromatic N) is 1. The second-order valence-electron chi connectivity index (χ2n) is 7.25. The third kappa shape index (κ3) is 4.25. The van der Waals surface area contributed by atoms with Crippen molar-refractivity contribution in [3.63, 3.8) is 0 Å². The van der Waals surface area contributed by atoms with E-state index in [1.165, 1.54) is 12.1 Å². The topological polar surface area (TPSA) is 40.5 Å². The second-order valence-corrected chi connectivity index (χ2v) is 8.17. The van der Waals surface area contributed by atoms with Crippen molar-refractivity contribution in [2.24, 2.45) is 0 Å². The van der Waals surface area contributed by atoms with Gasteiger partial charge in [-0.1, -0.05) is 47.1 Å². The standard InChI is InChI=1S/C22H25BrFNO2/c1-2-20(16-3-7-18(23)8-4-16)25-13-11-22(12-14-26,15-21(25)27)17-5-9-19(24)10-6-17/h3-10,20,26H,2,11-15H2,1H3/t20-,22+/m0/s1. The summed E-state index contributed by atoms with van der Waals surface area (Å²) in [4.78, 5) is 15.1. The molecule has 144 valence electrons. The molecule has 27 heavy (non-hydrogen) atoms. The van der Waals surface area contributed by atoms with Gasteiger partial charge < -0.3 is 10.0 Å². The molecule has 0 aromatic heterocycles. The zero-order valence-corrected chi connectivity index (χ0v) is 17.1. The molecular formula is C22H25BrFNO2. The van der Waals surface area contributed by atoms with E-state index >= 15 is 0 Å². The Bertz CT molecular complexity index is 778. The van der Waals surface area contributed by atoms with Gasteiger partial charge in [0.05, 0.1) is 6.04 Å². The van der Waals surface area contributed by atoms with Crippen molar-refractivity contribution in [2.75, 3.05) is 13.2 Å². The second kappa shape index (κ2) is 8.53. The van der Waals surface area contributed by atoms with Crippen LogP contribution >= 0.6 is 15.9 Å². The molecule has 1 heterocycles. The number of aliphatic hydroxyl groups is 1. The fourth-order valence-electron chi connectivity index (χ4n) is 4.21. The molecule has 0 unspecified atom stereocenters. The summed E-state index contributed by atoms with van der Waals surface area (Å²) >= 11 is 3.46. The van der Waals surface area contributed by atoms with E-state index in [0.29, 0.717) is 19.4 Å². The highest BCUT2D eigenvalue weighted by Crippen LogP contribution is 2.41. The summed E-state index contributed by atoms with van der Waals surface area (Å²) in [5, 5.41) is 9.61. The van der Waals surface area contributed by atoms with E-state index in [1.54, 1.807) is 12.1 Å². The highest BCUT2D eigenvalue weighted by atomic mass is 79.9. The van der Waals surface area contributed by atoms with E-state index in [-0.39, 0.29) is 24.4 Å². The van der Waals surface area contributed by atoms with Gasteiger partial charge in [0.25, 0.3) is 0 Å². The summed E-state index contributed by atoms with van der Waals surface area (Å²) in [6, 6.07) is 14.5. The zero-order valence-electron chi connectivity index (χ0n) is 15.5. The number of halogens is 2. The lowest BCUT2D eigenvalue weighted by Gasteiger charge is -2.44. The molecule has 1 N–H and O–H groups in total. The number of hydrogen-bond acceptors (Lipinski definition) is 2. The third-order valence-corrected chi connectivity index (χ3v) is 6.23. The molecular weight excluding hydrogens is 409 g/mol. The van der Waals surface area contributed by atoms with Crippen molar-refractivity contribution < 1.29 is 14.3 Å².